The molecule has 0 bridgehead atoms. The van der Waals surface area contributed by atoms with Gasteiger partial charge in [0.1, 0.15) is 6.33 Å². The van der Waals surface area contributed by atoms with Crippen LogP contribution in [0, 0.1) is 27.7 Å². The third kappa shape index (κ3) is 4.98. The van der Waals surface area contributed by atoms with Gasteiger partial charge >= 0.3 is 0 Å². The predicted molar refractivity (Wildman–Crippen MR) is 136 cm³/mol. The molecule has 0 aliphatic carbocycles. The zero-order chi connectivity index (χ0) is 23.7. The van der Waals surface area contributed by atoms with Gasteiger partial charge in [0.15, 0.2) is 10.3 Å². The van der Waals surface area contributed by atoms with E-state index in [1.165, 1.54) is 28.7 Å². The SMILES string of the molecule is CC(=O)N(c1nc(CSc2nncn2-c2ccc(C)c(Cl)c2)cs1)c1c(C)cc(C)cc1C. The zero-order valence-corrected chi connectivity index (χ0v) is 21.5. The van der Waals surface area contributed by atoms with Crippen LogP contribution in [0.3, 0.4) is 0 Å². The number of thiazole rings is 1. The Morgan fingerprint density at radius 3 is 2.52 bits per heavy atom. The first-order valence-corrected chi connectivity index (χ1v) is 12.6. The average molecular weight is 498 g/mol. The second-order valence-corrected chi connectivity index (χ2v) is 10.1. The van der Waals surface area contributed by atoms with E-state index in [1.807, 2.05) is 48.9 Å². The molecule has 33 heavy (non-hydrogen) atoms. The van der Waals surface area contributed by atoms with Crippen molar-refractivity contribution >= 4 is 51.4 Å². The molecule has 0 atom stereocenters. The summed E-state index contributed by atoms with van der Waals surface area (Å²) in [7, 11) is 0. The highest BCUT2D eigenvalue weighted by atomic mass is 35.5. The van der Waals surface area contributed by atoms with Crippen molar-refractivity contribution < 1.29 is 4.79 Å². The zero-order valence-electron chi connectivity index (χ0n) is 19.1. The fraction of sp³-hybridized carbons (Fsp3) is 0.250. The topological polar surface area (TPSA) is 63.9 Å². The first-order chi connectivity index (χ1) is 15.7. The molecule has 1 amide bonds. The van der Waals surface area contributed by atoms with Gasteiger partial charge in [-0.2, -0.15) is 0 Å². The third-order valence-corrected chi connectivity index (χ3v) is 7.46. The Kier molecular flexibility index (Phi) is 6.88. The van der Waals surface area contributed by atoms with Crippen molar-refractivity contribution in [1.82, 2.24) is 19.7 Å². The maximum atomic E-state index is 12.6. The van der Waals surface area contributed by atoms with E-state index in [-0.39, 0.29) is 5.91 Å². The Bertz CT molecular complexity index is 1310. The van der Waals surface area contributed by atoms with Gasteiger partial charge < -0.3 is 0 Å². The highest BCUT2D eigenvalue weighted by molar-refractivity contribution is 7.98. The number of anilines is 2. The molecule has 170 valence electrons. The van der Waals surface area contributed by atoms with Gasteiger partial charge in [-0.1, -0.05) is 47.1 Å². The number of nitrogens with zero attached hydrogens (tertiary/aromatic N) is 5. The minimum absolute atomic E-state index is 0.0606. The summed E-state index contributed by atoms with van der Waals surface area (Å²) in [6.07, 6.45) is 1.68. The van der Waals surface area contributed by atoms with Crippen LogP contribution in [0.15, 0.2) is 47.2 Å². The van der Waals surface area contributed by atoms with Gasteiger partial charge in [0.05, 0.1) is 17.1 Å². The summed E-state index contributed by atoms with van der Waals surface area (Å²) >= 11 is 9.29. The number of carbonyl (C=O) groups is 1. The number of halogens is 1. The van der Waals surface area contributed by atoms with Crippen molar-refractivity contribution in [2.24, 2.45) is 0 Å². The maximum Gasteiger partial charge on any atom is 0.230 e. The molecule has 0 aliphatic heterocycles. The summed E-state index contributed by atoms with van der Waals surface area (Å²) in [4.78, 5) is 19.1. The van der Waals surface area contributed by atoms with Gasteiger partial charge in [-0.15, -0.1) is 21.5 Å². The Balaban J connectivity index is 1.56. The van der Waals surface area contributed by atoms with Crippen LogP contribution in [-0.2, 0) is 10.5 Å². The molecule has 0 saturated carbocycles. The largest absolute Gasteiger partial charge is 0.277 e. The molecule has 0 radical (unpaired) electrons. The normalized spacial score (nSPS) is 11.1. The van der Waals surface area contributed by atoms with Crippen LogP contribution in [0.5, 0.6) is 0 Å². The summed E-state index contributed by atoms with van der Waals surface area (Å²) in [5.74, 6) is 0.543. The van der Waals surface area contributed by atoms with Crippen LogP contribution < -0.4 is 4.90 Å². The van der Waals surface area contributed by atoms with Crippen molar-refractivity contribution in [3.8, 4) is 5.69 Å². The van der Waals surface area contributed by atoms with Gasteiger partial charge in [0, 0.05) is 23.1 Å². The number of aromatic nitrogens is 4. The molecule has 2 heterocycles. The fourth-order valence-electron chi connectivity index (χ4n) is 3.75. The molecule has 0 unspecified atom stereocenters. The number of amides is 1. The number of hydrogen-bond acceptors (Lipinski definition) is 6. The van der Waals surface area contributed by atoms with Crippen molar-refractivity contribution in [1.29, 1.82) is 0 Å². The number of thioether (sulfide) groups is 1. The van der Waals surface area contributed by atoms with Crippen molar-refractivity contribution in [2.45, 2.75) is 45.5 Å². The number of aryl methyl sites for hydroxylation is 4. The lowest BCUT2D eigenvalue weighted by Crippen LogP contribution is -2.24. The van der Waals surface area contributed by atoms with Crippen LogP contribution in [0.2, 0.25) is 5.02 Å². The Morgan fingerprint density at radius 1 is 1.12 bits per heavy atom. The Hall–Kier alpha value is -2.68. The fourth-order valence-corrected chi connectivity index (χ4v) is 5.72. The first kappa shape index (κ1) is 23.5. The predicted octanol–water partition coefficient (Wildman–Crippen LogP) is 6.59. The first-order valence-electron chi connectivity index (χ1n) is 10.4. The average Bonchev–Trinajstić information content (AvgIpc) is 3.40. The third-order valence-electron chi connectivity index (χ3n) is 5.20. The lowest BCUT2D eigenvalue weighted by atomic mass is 10.0. The van der Waals surface area contributed by atoms with Crippen LogP contribution in [-0.4, -0.2) is 25.7 Å². The van der Waals surface area contributed by atoms with Crippen LogP contribution in [0.25, 0.3) is 5.69 Å². The molecule has 2 aromatic carbocycles. The Morgan fingerprint density at radius 2 is 1.85 bits per heavy atom. The van der Waals surface area contributed by atoms with Crippen LogP contribution >= 0.6 is 34.7 Å². The monoisotopic (exact) mass is 497 g/mol. The van der Waals surface area contributed by atoms with E-state index in [0.29, 0.717) is 15.9 Å². The molecule has 2 aromatic heterocycles. The van der Waals surface area contributed by atoms with Crippen LogP contribution in [0.4, 0.5) is 10.8 Å². The van der Waals surface area contributed by atoms with Crippen LogP contribution in [0.1, 0.15) is 34.9 Å². The smallest absolute Gasteiger partial charge is 0.230 e. The highest BCUT2D eigenvalue weighted by Gasteiger charge is 2.22. The molecule has 6 nitrogen and oxygen atoms in total. The standard InChI is InChI=1S/C24H24ClN5OS2/c1-14-8-16(3)22(17(4)9-14)30(18(5)31)23-27-19(11-32-23)12-33-24-28-26-13-29(24)20-7-6-15(2)21(25)10-20/h6-11,13H,12H2,1-5H3. The summed E-state index contributed by atoms with van der Waals surface area (Å²) in [5, 5.41) is 12.4. The summed E-state index contributed by atoms with van der Waals surface area (Å²) in [6.45, 7) is 9.66. The number of rotatable bonds is 6. The summed E-state index contributed by atoms with van der Waals surface area (Å²) in [5.41, 5.74) is 6.99. The maximum absolute atomic E-state index is 12.6. The quantitative estimate of drug-likeness (QED) is 0.281. The molecule has 4 aromatic rings. The van der Waals surface area contributed by atoms with Gasteiger partial charge in [0.2, 0.25) is 5.91 Å². The minimum atomic E-state index is -0.0606. The lowest BCUT2D eigenvalue weighted by Gasteiger charge is -2.23. The second kappa shape index (κ2) is 9.67. The molecule has 0 fully saturated rings. The van der Waals surface area contributed by atoms with Crippen molar-refractivity contribution in [3.63, 3.8) is 0 Å². The van der Waals surface area contributed by atoms with Crippen molar-refractivity contribution in [2.75, 3.05) is 4.90 Å². The number of benzene rings is 2. The molecule has 0 saturated heterocycles. The van der Waals surface area contributed by atoms with E-state index >= 15 is 0 Å². The Labute approximate surface area is 206 Å². The van der Waals surface area contributed by atoms with Gasteiger partial charge in [-0.25, -0.2) is 4.98 Å². The summed E-state index contributed by atoms with van der Waals surface area (Å²) < 4.78 is 1.91. The molecule has 0 spiro atoms. The second-order valence-electron chi connectivity index (χ2n) is 7.93. The molecule has 4 rings (SSSR count). The minimum Gasteiger partial charge on any atom is -0.277 e. The lowest BCUT2D eigenvalue weighted by molar-refractivity contribution is -0.115. The molecular formula is C24H24ClN5OS2. The van der Waals surface area contributed by atoms with E-state index in [1.54, 1.807) is 18.2 Å². The van der Waals surface area contributed by atoms with E-state index in [4.69, 9.17) is 16.6 Å². The highest BCUT2D eigenvalue weighted by Crippen LogP contribution is 2.35. The molecular weight excluding hydrogens is 474 g/mol. The van der Waals surface area contributed by atoms with E-state index in [2.05, 4.69) is 29.3 Å². The van der Waals surface area contributed by atoms with E-state index < -0.39 is 0 Å². The molecule has 0 aliphatic rings. The number of carbonyl (C=O) groups excluding carboxylic acids is 1. The van der Waals surface area contributed by atoms with E-state index in [9.17, 15) is 4.79 Å². The van der Waals surface area contributed by atoms with Gasteiger partial charge in [-0.05, 0) is 56.5 Å². The summed E-state index contributed by atoms with van der Waals surface area (Å²) in [6, 6.07) is 10.1. The number of hydrogen-bond donors (Lipinski definition) is 0. The molecule has 0 N–H and O–H groups in total. The molecule has 9 heteroatoms. The van der Waals surface area contributed by atoms with E-state index in [0.717, 1.165) is 38.9 Å². The van der Waals surface area contributed by atoms with Crippen molar-refractivity contribution in [3.05, 3.63) is 75.0 Å². The van der Waals surface area contributed by atoms with Gasteiger partial charge in [0.25, 0.3) is 0 Å². The van der Waals surface area contributed by atoms with Gasteiger partial charge in [-0.3, -0.25) is 14.3 Å².